The number of rotatable bonds is 7. The quantitative estimate of drug-likeness (QED) is 0.592. The lowest BCUT2D eigenvalue weighted by Crippen LogP contribution is -2.30. The molecule has 0 radical (unpaired) electrons. The smallest absolute Gasteiger partial charge is 0.307 e. The standard InChI is InChI=1S/C20H20N2O3S/c1-14-6-8-18(9-7-14)26-11-10-19(23)25-15(2)20(24)22-17-5-3-4-16(12-17)13-21/h3-9,12,15H,10-11H2,1-2H3,(H,22,24). The van der Waals surface area contributed by atoms with E-state index in [1.807, 2.05) is 37.3 Å². The van der Waals surface area contributed by atoms with E-state index in [0.717, 1.165) is 4.90 Å². The fourth-order valence-electron chi connectivity index (χ4n) is 2.11. The Balaban J connectivity index is 1.75. The first-order valence-electron chi connectivity index (χ1n) is 8.18. The zero-order valence-corrected chi connectivity index (χ0v) is 15.5. The van der Waals surface area contributed by atoms with Crippen molar-refractivity contribution in [3.8, 4) is 6.07 Å². The number of anilines is 1. The summed E-state index contributed by atoms with van der Waals surface area (Å²) in [6, 6.07) is 16.6. The van der Waals surface area contributed by atoms with Gasteiger partial charge in [-0.3, -0.25) is 9.59 Å². The monoisotopic (exact) mass is 368 g/mol. The lowest BCUT2D eigenvalue weighted by molar-refractivity contribution is -0.152. The molecule has 1 amide bonds. The van der Waals surface area contributed by atoms with Crippen molar-refractivity contribution in [2.75, 3.05) is 11.1 Å². The number of hydrogen-bond donors (Lipinski definition) is 1. The van der Waals surface area contributed by atoms with Crippen LogP contribution in [-0.4, -0.2) is 23.7 Å². The maximum absolute atomic E-state index is 12.1. The summed E-state index contributed by atoms with van der Waals surface area (Å²) in [5, 5.41) is 11.5. The summed E-state index contributed by atoms with van der Waals surface area (Å²) in [4.78, 5) is 25.1. The Kier molecular flexibility index (Phi) is 7.24. The summed E-state index contributed by atoms with van der Waals surface area (Å²) < 4.78 is 5.17. The minimum Gasteiger partial charge on any atom is -0.453 e. The van der Waals surface area contributed by atoms with Crippen LogP contribution in [0.5, 0.6) is 0 Å². The first kappa shape index (κ1) is 19.5. The minimum atomic E-state index is -0.905. The number of aryl methyl sites for hydroxylation is 1. The number of carbonyl (C=O) groups is 2. The Morgan fingerprint density at radius 1 is 1.23 bits per heavy atom. The first-order chi connectivity index (χ1) is 12.5. The van der Waals surface area contributed by atoms with Crippen molar-refractivity contribution >= 4 is 29.3 Å². The molecular weight excluding hydrogens is 348 g/mol. The molecule has 0 aliphatic heterocycles. The van der Waals surface area contributed by atoms with Crippen molar-refractivity contribution < 1.29 is 14.3 Å². The number of nitrogens with zero attached hydrogens (tertiary/aromatic N) is 1. The van der Waals surface area contributed by atoms with Crippen molar-refractivity contribution in [1.82, 2.24) is 0 Å². The molecule has 2 aromatic rings. The molecule has 134 valence electrons. The summed E-state index contributed by atoms with van der Waals surface area (Å²) in [5.74, 6) is -0.266. The van der Waals surface area contributed by atoms with E-state index in [1.54, 1.807) is 36.0 Å². The molecule has 0 saturated heterocycles. The zero-order valence-electron chi connectivity index (χ0n) is 14.7. The largest absolute Gasteiger partial charge is 0.453 e. The molecule has 5 nitrogen and oxygen atoms in total. The van der Waals surface area contributed by atoms with Crippen LogP contribution in [0.25, 0.3) is 0 Å². The number of thioether (sulfide) groups is 1. The van der Waals surface area contributed by atoms with Crippen molar-refractivity contribution in [2.24, 2.45) is 0 Å². The van der Waals surface area contributed by atoms with E-state index in [1.165, 1.54) is 12.5 Å². The summed E-state index contributed by atoms with van der Waals surface area (Å²) >= 11 is 1.57. The summed E-state index contributed by atoms with van der Waals surface area (Å²) in [7, 11) is 0. The zero-order chi connectivity index (χ0) is 18.9. The van der Waals surface area contributed by atoms with E-state index >= 15 is 0 Å². The molecule has 0 heterocycles. The van der Waals surface area contributed by atoms with Crippen molar-refractivity contribution in [3.05, 3.63) is 59.7 Å². The Hall–Kier alpha value is -2.78. The predicted octanol–water partition coefficient (Wildman–Crippen LogP) is 3.92. The van der Waals surface area contributed by atoms with Crippen molar-refractivity contribution in [2.45, 2.75) is 31.3 Å². The van der Waals surface area contributed by atoms with Gasteiger partial charge >= 0.3 is 5.97 Å². The third-order valence-electron chi connectivity index (χ3n) is 3.53. The molecule has 2 rings (SSSR count). The lowest BCUT2D eigenvalue weighted by Gasteiger charge is -2.13. The van der Waals surface area contributed by atoms with Gasteiger partial charge in [-0.2, -0.15) is 5.26 Å². The number of nitrogens with one attached hydrogen (secondary N) is 1. The fourth-order valence-corrected chi connectivity index (χ4v) is 2.94. The second-order valence-corrected chi connectivity index (χ2v) is 6.89. The number of ether oxygens (including phenoxy) is 1. The molecule has 6 heteroatoms. The van der Waals surface area contributed by atoms with E-state index in [4.69, 9.17) is 10.00 Å². The van der Waals surface area contributed by atoms with E-state index < -0.39 is 18.0 Å². The Morgan fingerprint density at radius 3 is 2.65 bits per heavy atom. The van der Waals surface area contributed by atoms with Crippen LogP contribution < -0.4 is 5.32 Å². The molecule has 0 fully saturated rings. The molecular formula is C20H20N2O3S. The third-order valence-corrected chi connectivity index (χ3v) is 4.55. The van der Waals surface area contributed by atoms with E-state index in [0.29, 0.717) is 17.0 Å². The van der Waals surface area contributed by atoms with Gasteiger partial charge in [-0.05, 0) is 44.2 Å². The van der Waals surface area contributed by atoms with Gasteiger partial charge in [0.1, 0.15) is 0 Å². The van der Waals surface area contributed by atoms with Gasteiger partial charge in [0.2, 0.25) is 0 Å². The van der Waals surface area contributed by atoms with E-state index in [-0.39, 0.29) is 6.42 Å². The van der Waals surface area contributed by atoms with Gasteiger partial charge in [-0.15, -0.1) is 11.8 Å². The molecule has 1 N–H and O–H groups in total. The van der Waals surface area contributed by atoms with Gasteiger partial charge < -0.3 is 10.1 Å². The SMILES string of the molecule is Cc1ccc(SCCC(=O)OC(C)C(=O)Nc2cccc(C#N)c2)cc1. The lowest BCUT2D eigenvalue weighted by atomic mass is 10.2. The van der Waals surface area contributed by atoms with Crippen molar-refractivity contribution in [3.63, 3.8) is 0 Å². The molecule has 0 aliphatic carbocycles. The first-order valence-corrected chi connectivity index (χ1v) is 9.16. The molecule has 0 bridgehead atoms. The number of hydrogen-bond acceptors (Lipinski definition) is 5. The summed E-state index contributed by atoms with van der Waals surface area (Å²) in [5.41, 5.74) is 2.13. The predicted molar refractivity (Wildman–Crippen MR) is 102 cm³/mol. The van der Waals surface area contributed by atoms with Gasteiger partial charge in [0.15, 0.2) is 6.10 Å². The van der Waals surface area contributed by atoms with Crippen LogP contribution in [0.3, 0.4) is 0 Å². The number of nitriles is 1. The van der Waals surface area contributed by atoms with Crippen LogP contribution in [-0.2, 0) is 14.3 Å². The highest BCUT2D eigenvalue weighted by molar-refractivity contribution is 7.99. The van der Waals surface area contributed by atoms with Crippen LogP contribution in [0.4, 0.5) is 5.69 Å². The fraction of sp³-hybridized carbons (Fsp3) is 0.250. The summed E-state index contributed by atoms with van der Waals surface area (Å²) in [6.07, 6.45) is -0.683. The molecule has 0 spiro atoms. The molecule has 0 aliphatic rings. The van der Waals surface area contributed by atoms with Crippen LogP contribution in [0.1, 0.15) is 24.5 Å². The van der Waals surface area contributed by atoms with Crippen LogP contribution in [0.15, 0.2) is 53.4 Å². The molecule has 0 aromatic heterocycles. The van der Waals surface area contributed by atoms with Crippen LogP contribution in [0, 0.1) is 18.3 Å². The van der Waals surface area contributed by atoms with Gasteiger partial charge in [0.25, 0.3) is 5.91 Å². The van der Waals surface area contributed by atoms with Crippen molar-refractivity contribution in [1.29, 1.82) is 5.26 Å². The van der Waals surface area contributed by atoms with Gasteiger partial charge in [-0.1, -0.05) is 23.8 Å². The average molecular weight is 368 g/mol. The Labute approximate surface area is 157 Å². The minimum absolute atomic E-state index is 0.222. The number of benzene rings is 2. The Morgan fingerprint density at radius 2 is 1.96 bits per heavy atom. The second kappa shape index (κ2) is 9.64. The number of esters is 1. The van der Waals surface area contributed by atoms with Crippen LogP contribution >= 0.6 is 11.8 Å². The van der Waals surface area contributed by atoms with Crippen LogP contribution in [0.2, 0.25) is 0 Å². The number of amides is 1. The second-order valence-electron chi connectivity index (χ2n) is 5.73. The molecule has 2 aromatic carbocycles. The van der Waals surface area contributed by atoms with Gasteiger partial charge in [0.05, 0.1) is 18.1 Å². The third kappa shape index (κ3) is 6.26. The molecule has 26 heavy (non-hydrogen) atoms. The van der Waals surface area contributed by atoms with Gasteiger partial charge in [-0.25, -0.2) is 0 Å². The summed E-state index contributed by atoms with van der Waals surface area (Å²) in [6.45, 7) is 3.54. The van der Waals surface area contributed by atoms with Gasteiger partial charge in [0, 0.05) is 16.3 Å². The molecule has 0 saturated carbocycles. The van der Waals surface area contributed by atoms with E-state index in [2.05, 4.69) is 5.32 Å². The number of carbonyl (C=O) groups excluding carboxylic acids is 2. The van der Waals surface area contributed by atoms with E-state index in [9.17, 15) is 9.59 Å². The normalized spacial score (nSPS) is 11.3. The Bertz CT molecular complexity index is 813. The maximum Gasteiger partial charge on any atom is 0.307 e. The topological polar surface area (TPSA) is 79.2 Å². The highest BCUT2D eigenvalue weighted by Gasteiger charge is 2.18. The molecule has 1 unspecified atom stereocenters. The molecule has 1 atom stereocenters. The maximum atomic E-state index is 12.1. The highest BCUT2D eigenvalue weighted by atomic mass is 32.2. The highest BCUT2D eigenvalue weighted by Crippen LogP contribution is 2.19. The average Bonchev–Trinajstić information content (AvgIpc) is 2.63.